The number of para-hydroxylation sites is 1. The largest absolute Gasteiger partial charge is 0.496 e. The molecule has 2 aromatic carbocycles. The quantitative estimate of drug-likeness (QED) is 0.785. The average Bonchev–Trinajstić information content (AvgIpc) is 3.01. The first-order valence-electron chi connectivity index (χ1n) is 6.73. The lowest BCUT2D eigenvalue weighted by atomic mass is 10.1. The maximum Gasteiger partial charge on any atom is 0.259 e. The van der Waals surface area contributed by atoms with Crippen LogP contribution in [0.25, 0.3) is 22.3 Å². The van der Waals surface area contributed by atoms with E-state index in [1.54, 1.807) is 37.4 Å². The molecule has 1 aliphatic heterocycles. The first-order valence-corrected chi connectivity index (χ1v) is 6.73. The summed E-state index contributed by atoms with van der Waals surface area (Å²) in [5.74, 6) is 2.21. The van der Waals surface area contributed by atoms with Crippen LogP contribution in [-0.4, -0.2) is 23.9 Å². The molecular weight excluding hydrogens is 284 g/mol. The van der Waals surface area contributed by atoms with Gasteiger partial charge in [0, 0.05) is 6.07 Å². The number of nitrogens with one attached hydrogen (secondary N) is 1. The lowest BCUT2D eigenvalue weighted by molar-refractivity contribution is 0.174. The number of H-pyrrole nitrogens is 1. The molecule has 4 rings (SSSR count). The maximum atomic E-state index is 12.2. The van der Waals surface area contributed by atoms with Gasteiger partial charge < -0.3 is 19.2 Å². The lowest BCUT2D eigenvalue weighted by Gasteiger charge is -2.09. The third-order valence-electron chi connectivity index (χ3n) is 3.56. The number of hydrogen-bond acceptors (Lipinski definition) is 5. The molecule has 0 atom stereocenters. The van der Waals surface area contributed by atoms with Crippen molar-refractivity contribution >= 4 is 10.9 Å². The molecule has 0 saturated heterocycles. The molecule has 6 heteroatoms. The Hall–Kier alpha value is -3.02. The fourth-order valence-electron chi connectivity index (χ4n) is 2.49. The van der Waals surface area contributed by atoms with Crippen molar-refractivity contribution in [3.8, 4) is 28.6 Å². The topological polar surface area (TPSA) is 73.4 Å². The smallest absolute Gasteiger partial charge is 0.259 e. The third kappa shape index (κ3) is 1.88. The number of aromatic amines is 1. The van der Waals surface area contributed by atoms with Crippen LogP contribution in [0.5, 0.6) is 17.2 Å². The molecule has 6 nitrogen and oxygen atoms in total. The Morgan fingerprint density at radius 3 is 2.77 bits per heavy atom. The molecule has 2 heterocycles. The molecule has 0 fully saturated rings. The normalized spacial score (nSPS) is 12.6. The molecule has 0 radical (unpaired) electrons. The van der Waals surface area contributed by atoms with E-state index in [2.05, 4.69) is 9.97 Å². The zero-order chi connectivity index (χ0) is 15.1. The fraction of sp³-hybridized carbons (Fsp3) is 0.125. The Morgan fingerprint density at radius 2 is 1.95 bits per heavy atom. The Bertz CT molecular complexity index is 933. The molecule has 0 bridgehead atoms. The van der Waals surface area contributed by atoms with E-state index in [9.17, 15) is 4.79 Å². The number of ether oxygens (including phenoxy) is 3. The lowest BCUT2D eigenvalue weighted by Crippen LogP contribution is -2.09. The van der Waals surface area contributed by atoms with Crippen molar-refractivity contribution in [1.29, 1.82) is 0 Å². The SMILES string of the molecule is COc1cc2c(cc1-c1nc3ccccc3c(=O)[nH]1)OCO2. The van der Waals surface area contributed by atoms with Gasteiger partial charge in [-0.15, -0.1) is 0 Å². The van der Waals surface area contributed by atoms with E-state index < -0.39 is 0 Å². The summed E-state index contributed by atoms with van der Waals surface area (Å²) < 4.78 is 16.1. The second-order valence-corrected chi connectivity index (χ2v) is 4.84. The van der Waals surface area contributed by atoms with Crippen LogP contribution in [0, 0.1) is 0 Å². The maximum absolute atomic E-state index is 12.2. The van der Waals surface area contributed by atoms with E-state index in [1.165, 1.54) is 0 Å². The molecule has 22 heavy (non-hydrogen) atoms. The summed E-state index contributed by atoms with van der Waals surface area (Å²) in [6, 6.07) is 10.7. The van der Waals surface area contributed by atoms with Crippen LogP contribution in [0.2, 0.25) is 0 Å². The Labute approximate surface area is 125 Å². The van der Waals surface area contributed by atoms with Gasteiger partial charge >= 0.3 is 0 Å². The first kappa shape index (κ1) is 12.7. The standard InChI is InChI=1S/C16H12N2O4/c1-20-12-7-14-13(21-8-22-14)6-10(12)15-17-11-5-3-2-4-9(11)16(19)18-15/h2-7H,8H2,1H3,(H,17,18,19). The number of fused-ring (bicyclic) bond motifs is 2. The van der Waals surface area contributed by atoms with Gasteiger partial charge in [-0.1, -0.05) is 12.1 Å². The van der Waals surface area contributed by atoms with Gasteiger partial charge in [-0.2, -0.15) is 0 Å². The van der Waals surface area contributed by atoms with Crippen molar-refractivity contribution in [2.24, 2.45) is 0 Å². The van der Waals surface area contributed by atoms with Crippen molar-refractivity contribution in [2.75, 3.05) is 13.9 Å². The highest BCUT2D eigenvalue weighted by molar-refractivity contribution is 5.80. The molecule has 0 amide bonds. The van der Waals surface area contributed by atoms with Crippen LogP contribution >= 0.6 is 0 Å². The van der Waals surface area contributed by atoms with Gasteiger partial charge in [0.25, 0.3) is 5.56 Å². The van der Waals surface area contributed by atoms with Gasteiger partial charge in [0.1, 0.15) is 11.6 Å². The predicted molar refractivity (Wildman–Crippen MR) is 80.5 cm³/mol. The minimum atomic E-state index is -0.194. The number of hydrogen-bond donors (Lipinski definition) is 1. The summed E-state index contributed by atoms with van der Waals surface area (Å²) in [4.78, 5) is 19.5. The van der Waals surface area contributed by atoms with Crippen molar-refractivity contribution in [3.05, 3.63) is 46.8 Å². The Kier molecular flexibility index (Phi) is 2.75. The van der Waals surface area contributed by atoms with Crippen LogP contribution < -0.4 is 19.8 Å². The number of rotatable bonds is 2. The van der Waals surface area contributed by atoms with Gasteiger partial charge in [0.2, 0.25) is 6.79 Å². The molecular formula is C16H12N2O4. The summed E-state index contributed by atoms with van der Waals surface area (Å²) >= 11 is 0. The van der Waals surface area contributed by atoms with E-state index in [1.807, 2.05) is 6.07 Å². The van der Waals surface area contributed by atoms with E-state index >= 15 is 0 Å². The van der Waals surface area contributed by atoms with Crippen LogP contribution in [-0.2, 0) is 0 Å². The van der Waals surface area contributed by atoms with Crippen molar-refractivity contribution in [2.45, 2.75) is 0 Å². The predicted octanol–water partition coefficient (Wildman–Crippen LogP) is 2.33. The first-order chi connectivity index (χ1) is 10.8. The van der Waals surface area contributed by atoms with Crippen LogP contribution in [0.15, 0.2) is 41.2 Å². The minimum Gasteiger partial charge on any atom is -0.496 e. The molecule has 1 aliphatic rings. The van der Waals surface area contributed by atoms with Gasteiger partial charge in [-0.25, -0.2) is 4.98 Å². The molecule has 3 aromatic rings. The minimum absolute atomic E-state index is 0.170. The monoisotopic (exact) mass is 296 g/mol. The third-order valence-corrected chi connectivity index (χ3v) is 3.56. The molecule has 0 spiro atoms. The highest BCUT2D eigenvalue weighted by Gasteiger charge is 2.20. The number of methoxy groups -OCH3 is 1. The number of aromatic nitrogens is 2. The molecule has 0 aliphatic carbocycles. The van der Waals surface area contributed by atoms with E-state index in [0.717, 1.165) is 0 Å². The summed E-state index contributed by atoms with van der Waals surface area (Å²) in [6.45, 7) is 0.170. The Morgan fingerprint density at radius 1 is 1.18 bits per heavy atom. The van der Waals surface area contributed by atoms with Gasteiger partial charge in [-0.3, -0.25) is 4.79 Å². The van der Waals surface area contributed by atoms with E-state index in [0.29, 0.717) is 39.5 Å². The summed E-state index contributed by atoms with van der Waals surface area (Å²) in [6.07, 6.45) is 0. The highest BCUT2D eigenvalue weighted by atomic mass is 16.7. The Balaban J connectivity index is 1.97. The molecule has 1 N–H and O–H groups in total. The summed E-state index contributed by atoms with van der Waals surface area (Å²) in [7, 11) is 1.56. The van der Waals surface area contributed by atoms with Crippen LogP contribution in [0.3, 0.4) is 0 Å². The molecule has 1 aromatic heterocycles. The van der Waals surface area contributed by atoms with E-state index in [4.69, 9.17) is 14.2 Å². The van der Waals surface area contributed by atoms with Crippen molar-refractivity contribution < 1.29 is 14.2 Å². The van der Waals surface area contributed by atoms with E-state index in [-0.39, 0.29) is 12.4 Å². The van der Waals surface area contributed by atoms with Gasteiger partial charge in [-0.05, 0) is 18.2 Å². The fourth-order valence-corrected chi connectivity index (χ4v) is 2.49. The second kappa shape index (κ2) is 4.77. The molecule has 0 unspecified atom stereocenters. The zero-order valence-electron chi connectivity index (χ0n) is 11.8. The molecule has 0 saturated carbocycles. The van der Waals surface area contributed by atoms with Gasteiger partial charge in [0.15, 0.2) is 11.5 Å². The number of benzene rings is 2. The van der Waals surface area contributed by atoms with Crippen LogP contribution in [0.4, 0.5) is 0 Å². The summed E-state index contributed by atoms with van der Waals surface area (Å²) in [5, 5.41) is 0.547. The van der Waals surface area contributed by atoms with Crippen molar-refractivity contribution in [3.63, 3.8) is 0 Å². The van der Waals surface area contributed by atoms with Crippen LogP contribution in [0.1, 0.15) is 0 Å². The van der Waals surface area contributed by atoms with Gasteiger partial charge in [0.05, 0.1) is 23.6 Å². The summed E-state index contributed by atoms with van der Waals surface area (Å²) in [5.41, 5.74) is 1.08. The second-order valence-electron chi connectivity index (χ2n) is 4.84. The zero-order valence-corrected chi connectivity index (χ0v) is 11.8. The average molecular weight is 296 g/mol. The number of nitrogens with zero attached hydrogens (tertiary/aromatic N) is 1. The molecule has 110 valence electrons. The van der Waals surface area contributed by atoms with Crippen molar-refractivity contribution in [1.82, 2.24) is 9.97 Å². The highest BCUT2D eigenvalue weighted by Crippen LogP contribution is 2.41.